The summed E-state index contributed by atoms with van der Waals surface area (Å²) < 4.78 is 11.6. The van der Waals surface area contributed by atoms with E-state index >= 15 is 0 Å². The van der Waals surface area contributed by atoms with E-state index in [1.807, 2.05) is 31.2 Å². The van der Waals surface area contributed by atoms with Crippen molar-refractivity contribution in [3.8, 4) is 5.75 Å². The molecule has 0 spiro atoms. The Balaban J connectivity index is 1.27. The Bertz CT molecular complexity index is 1450. The third kappa shape index (κ3) is 5.05. The number of pyridine rings is 1. The topological polar surface area (TPSA) is 125 Å². The number of anilines is 3. The molecule has 1 unspecified atom stereocenters. The van der Waals surface area contributed by atoms with E-state index < -0.39 is 6.23 Å². The van der Waals surface area contributed by atoms with Gasteiger partial charge < -0.3 is 25.2 Å². The highest BCUT2D eigenvalue weighted by Crippen LogP contribution is 2.48. The number of hydrogen-bond acceptors (Lipinski definition) is 8. The highest BCUT2D eigenvalue weighted by Gasteiger charge is 2.35. The number of aromatic nitrogens is 1. The lowest BCUT2D eigenvalue weighted by atomic mass is 10.1. The Morgan fingerprint density at radius 2 is 2.05 bits per heavy atom. The first kappa shape index (κ1) is 26.7. The molecule has 0 bridgehead atoms. The van der Waals surface area contributed by atoms with Gasteiger partial charge >= 0.3 is 6.03 Å². The van der Waals surface area contributed by atoms with Crippen LogP contribution in [0.2, 0.25) is 0 Å². The zero-order valence-corrected chi connectivity index (χ0v) is 23.1. The lowest BCUT2D eigenvalue weighted by Gasteiger charge is -2.31. The molecule has 0 radical (unpaired) electrons. The Kier molecular flexibility index (Phi) is 7.45. The van der Waals surface area contributed by atoms with Crippen LogP contribution in [0, 0.1) is 6.92 Å². The van der Waals surface area contributed by atoms with E-state index in [0.717, 1.165) is 54.5 Å². The number of nitrogens with one attached hydrogen (secondary N) is 3. The van der Waals surface area contributed by atoms with Gasteiger partial charge in [0.25, 0.3) is 0 Å². The standard InChI is InChI=1S/C29H33N5O5S/c1-3-23(35)31-19-5-4-6-20(19)32-27(36)26-25-24-22(9-12-30-28(24)40-26)34(29(37)33-25)21-8-7-18(15-16(21)2)39-17-10-13-38-14-11-17/h3,7-9,12,15,17,19-20,27,32,36H,1,4-6,10-11,13-14H2,2H3,(H,31,35)(H,33,37)/t19-,20+,27?/m0/s1. The molecule has 3 aliphatic rings. The van der Waals surface area contributed by atoms with Crippen LogP contribution >= 0.6 is 11.3 Å². The zero-order valence-electron chi connectivity index (χ0n) is 22.3. The quantitative estimate of drug-likeness (QED) is 0.232. The number of urea groups is 1. The van der Waals surface area contributed by atoms with Gasteiger partial charge in [0, 0.05) is 31.1 Å². The fourth-order valence-electron chi connectivity index (χ4n) is 5.83. The molecular formula is C29H33N5O5S. The van der Waals surface area contributed by atoms with Gasteiger partial charge in [-0.3, -0.25) is 15.0 Å². The SMILES string of the molecule is C=CC(=O)N[C@H]1CCC[C@H]1NC(O)c1sc2nccc3c2c1NC(=O)N3c1ccc(OC2CCOCC2)cc1C. The van der Waals surface area contributed by atoms with Crippen LogP contribution in [0.5, 0.6) is 5.75 Å². The molecule has 2 fully saturated rings. The fraction of sp³-hybridized carbons (Fsp3) is 0.414. The van der Waals surface area contributed by atoms with Crippen molar-refractivity contribution >= 4 is 50.6 Å². The van der Waals surface area contributed by atoms with Crippen LogP contribution in [0.3, 0.4) is 0 Å². The van der Waals surface area contributed by atoms with Gasteiger partial charge in [0.1, 0.15) is 22.9 Å². The van der Waals surface area contributed by atoms with Crippen molar-refractivity contribution < 1.29 is 24.2 Å². The van der Waals surface area contributed by atoms with Crippen LogP contribution in [-0.4, -0.2) is 53.4 Å². The maximum absolute atomic E-state index is 13.6. The smallest absolute Gasteiger partial charge is 0.331 e. The highest BCUT2D eigenvalue weighted by molar-refractivity contribution is 7.19. The van der Waals surface area contributed by atoms with Gasteiger partial charge in [0.2, 0.25) is 5.91 Å². The Hall–Kier alpha value is -3.51. The second-order valence-electron chi connectivity index (χ2n) is 10.4. The molecule has 3 amide bonds. The Morgan fingerprint density at radius 3 is 2.83 bits per heavy atom. The minimum Gasteiger partial charge on any atom is -0.490 e. The summed E-state index contributed by atoms with van der Waals surface area (Å²) in [5.74, 6) is 0.539. The van der Waals surface area contributed by atoms with E-state index in [9.17, 15) is 14.7 Å². The lowest BCUT2D eigenvalue weighted by Crippen LogP contribution is -2.47. The average Bonchev–Trinajstić information content (AvgIpc) is 3.55. The average molecular weight is 564 g/mol. The molecule has 40 heavy (non-hydrogen) atoms. The van der Waals surface area contributed by atoms with Crippen LogP contribution < -0.4 is 25.6 Å². The number of hydrogen-bond donors (Lipinski definition) is 4. The van der Waals surface area contributed by atoms with Crippen molar-refractivity contribution in [2.75, 3.05) is 23.4 Å². The molecule has 3 atom stereocenters. The number of amides is 3. The minimum atomic E-state index is -1.04. The molecule has 4 N–H and O–H groups in total. The lowest BCUT2D eigenvalue weighted by molar-refractivity contribution is -0.117. The van der Waals surface area contributed by atoms with Crippen LogP contribution in [-0.2, 0) is 9.53 Å². The van der Waals surface area contributed by atoms with Crippen molar-refractivity contribution in [2.24, 2.45) is 0 Å². The first-order chi connectivity index (χ1) is 19.4. The maximum Gasteiger partial charge on any atom is 0.331 e. The molecule has 1 aliphatic carbocycles. The van der Waals surface area contributed by atoms with E-state index in [0.29, 0.717) is 34.3 Å². The summed E-state index contributed by atoms with van der Waals surface area (Å²) in [6, 6.07) is 7.06. The predicted molar refractivity (Wildman–Crippen MR) is 154 cm³/mol. The second kappa shape index (κ2) is 11.2. The number of benzene rings is 1. The van der Waals surface area contributed by atoms with Gasteiger partial charge in [0.05, 0.1) is 40.5 Å². The summed E-state index contributed by atoms with van der Waals surface area (Å²) in [4.78, 5) is 32.9. The molecule has 210 valence electrons. The number of thiophene rings is 1. The number of nitrogens with zero attached hydrogens (tertiary/aromatic N) is 2. The van der Waals surface area contributed by atoms with Crippen molar-refractivity contribution in [3.63, 3.8) is 0 Å². The van der Waals surface area contributed by atoms with Crippen molar-refractivity contribution in [1.82, 2.24) is 15.6 Å². The Labute approximate surface area is 236 Å². The molecule has 2 aromatic heterocycles. The molecule has 3 aromatic rings. The van der Waals surface area contributed by atoms with Gasteiger partial charge in [0.15, 0.2) is 0 Å². The van der Waals surface area contributed by atoms with Crippen LogP contribution in [0.15, 0.2) is 43.1 Å². The molecule has 2 aliphatic heterocycles. The molecule has 10 nitrogen and oxygen atoms in total. The zero-order chi connectivity index (χ0) is 27.8. The summed E-state index contributed by atoms with van der Waals surface area (Å²) in [7, 11) is 0. The molecule has 1 saturated carbocycles. The van der Waals surface area contributed by atoms with E-state index in [2.05, 4.69) is 27.5 Å². The number of aliphatic hydroxyl groups is 1. The van der Waals surface area contributed by atoms with Crippen LogP contribution in [0.4, 0.5) is 21.9 Å². The summed E-state index contributed by atoms with van der Waals surface area (Å²) in [6.45, 7) is 6.89. The first-order valence-corrected chi connectivity index (χ1v) is 14.5. The van der Waals surface area contributed by atoms with Gasteiger partial charge in [-0.05, 0) is 62.1 Å². The highest BCUT2D eigenvalue weighted by atomic mass is 32.1. The summed E-state index contributed by atoms with van der Waals surface area (Å²) >= 11 is 1.34. The number of aryl methyl sites for hydroxylation is 1. The maximum atomic E-state index is 13.6. The van der Waals surface area contributed by atoms with E-state index in [-0.39, 0.29) is 30.1 Å². The summed E-state index contributed by atoms with van der Waals surface area (Å²) in [5.41, 5.74) is 2.91. The third-order valence-electron chi connectivity index (χ3n) is 7.80. The monoisotopic (exact) mass is 563 g/mol. The molecule has 6 rings (SSSR count). The van der Waals surface area contributed by atoms with Crippen molar-refractivity contribution in [3.05, 3.63) is 53.6 Å². The van der Waals surface area contributed by atoms with Gasteiger partial charge in [-0.25, -0.2) is 9.78 Å². The molecular weight excluding hydrogens is 530 g/mol. The van der Waals surface area contributed by atoms with E-state index in [1.54, 1.807) is 11.1 Å². The van der Waals surface area contributed by atoms with E-state index in [1.165, 1.54) is 17.4 Å². The van der Waals surface area contributed by atoms with Crippen LogP contribution in [0.1, 0.15) is 48.8 Å². The number of rotatable bonds is 8. The van der Waals surface area contributed by atoms with Gasteiger partial charge in [-0.1, -0.05) is 6.58 Å². The Morgan fingerprint density at radius 1 is 1.25 bits per heavy atom. The summed E-state index contributed by atoms with van der Waals surface area (Å²) in [5, 5.41) is 21.3. The van der Waals surface area contributed by atoms with Crippen molar-refractivity contribution in [1.29, 1.82) is 0 Å². The molecule has 1 saturated heterocycles. The predicted octanol–water partition coefficient (Wildman–Crippen LogP) is 4.65. The normalized spacial score (nSPS) is 21.8. The molecule has 1 aromatic carbocycles. The largest absolute Gasteiger partial charge is 0.490 e. The van der Waals surface area contributed by atoms with Crippen LogP contribution in [0.25, 0.3) is 10.2 Å². The van der Waals surface area contributed by atoms with Crippen molar-refractivity contribution in [2.45, 2.75) is 63.4 Å². The minimum absolute atomic E-state index is 0.106. The summed E-state index contributed by atoms with van der Waals surface area (Å²) in [6.07, 6.45) is 6.31. The first-order valence-electron chi connectivity index (χ1n) is 13.7. The van der Waals surface area contributed by atoms with Gasteiger partial charge in [-0.2, -0.15) is 0 Å². The molecule has 4 heterocycles. The number of aliphatic hydroxyl groups excluding tert-OH is 1. The third-order valence-corrected chi connectivity index (χ3v) is 8.95. The molecule has 11 heteroatoms. The van der Waals surface area contributed by atoms with Gasteiger partial charge in [-0.15, -0.1) is 11.3 Å². The number of carbonyl (C=O) groups excluding carboxylic acids is 2. The van der Waals surface area contributed by atoms with E-state index in [4.69, 9.17) is 9.47 Å². The number of carbonyl (C=O) groups is 2. The second-order valence-corrected chi connectivity index (χ2v) is 11.5. The fourth-order valence-corrected chi connectivity index (χ4v) is 6.89. The number of ether oxygens (including phenoxy) is 2.